The topological polar surface area (TPSA) is 80.9 Å². The van der Waals surface area contributed by atoms with Gasteiger partial charge >= 0.3 is 5.69 Å². The maximum Gasteiger partial charge on any atom is 0.329 e. The minimum absolute atomic E-state index is 0.241. The number of anilines is 1. The molecule has 0 unspecified atom stereocenters. The highest BCUT2D eigenvalue weighted by atomic mass is 16.2. The summed E-state index contributed by atoms with van der Waals surface area (Å²) in [5.74, 6) is 2.84. The normalized spacial score (nSPS) is 38.3. The van der Waals surface area contributed by atoms with Crippen LogP contribution in [0.15, 0.2) is 15.7 Å². The molecule has 4 aliphatic rings. The third kappa shape index (κ3) is 1.83. The summed E-state index contributed by atoms with van der Waals surface area (Å²) >= 11 is 0. The Balaban J connectivity index is 1.69. The molecule has 5 nitrogen and oxygen atoms in total. The summed E-state index contributed by atoms with van der Waals surface area (Å²) in [5.41, 5.74) is 5.37. The third-order valence-electron chi connectivity index (χ3n) is 5.72. The van der Waals surface area contributed by atoms with Crippen LogP contribution in [0.3, 0.4) is 0 Å². The van der Waals surface area contributed by atoms with Gasteiger partial charge in [0.15, 0.2) is 0 Å². The Hall–Kier alpha value is -1.52. The fourth-order valence-electron chi connectivity index (χ4n) is 5.52. The van der Waals surface area contributed by atoms with Gasteiger partial charge in [0.05, 0.1) is 0 Å². The van der Waals surface area contributed by atoms with Gasteiger partial charge in [0, 0.05) is 12.6 Å². The van der Waals surface area contributed by atoms with Crippen LogP contribution in [0.2, 0.25) is 0 Å². The van der Waals surface area contributed by atoms with E-state index in [9.17, 15) is 9.59 Å². The van der Waals surface area contributed by atoms with Crippen molar-refractivity contribution in [2.45, 2.75) is 45.1 Å². The molecule has 4 bridgehead atoms. The molecule has 0 aliphatic heterocycles. The summed E-state index contributed by atoms with van der Waals surface area (Å²) < 4.78 is 1.58. The first-order valence-electron chi connectivity index (χ1n) is 7.63. The Labute approximate surface area is 117 Å². The van der Waals surface area contributed by atoms with Crippen LogP contribution < -0.4 is 17.0 Å². The summed E-state index contributed by atoms with van der Waals surface area (Å²) in [4.78, 5) is 25.6. The molecular weight excluding hydrogens is 254 g/mol. The Morgan fingerprint density at radius 3 is 2.20 bits per heavy atom. The van der Waals surface area contributed by atoms with Crippen molar-refractivity contribution in [2.24, 2.45) is 23.2 Å². The summed E-state index contributed by atoms with van der Waals surface area (Å²) in [5, 5.41) is 0. The molecule has 108 valence electrons. The van der Waals surface area contributed by atoms with Crippen LogP contribution in [0, 0.1) is 23.2 Å². The highest BCUT2D eigenvalue weighted by Crippen LogP contribution is 2.60. The Kier molecular flexibility index (Phi) is 2.44. The summed E-state index contributed by atoms with van der Waals surface area (Å²) in [6, 6.07) is 1.32. The molecule has 0 saturated heterocycles. The summed E-state index contributed by atoms with van der Waals surface area (Å²) in [6.07, 6.45) is 7.83. The molecule has 0 radical (unpaired) electrons. The van der Waals surface area contributed by atoms with Crippen molar-refractivity contribution in [3.63, 3.8) is 0 Å². The third-order valence-corrected chi connectivity index (χ3v) is 5.72. The highest BCUT2D eigenvalue weighted by Gasteiger charge is 2.51. The zero-order valence-electron chi connectivity index (χ0n) is 11.6. The van der Waals surface area contributed by atoms with Crippen LogP contribution in [0.4, 0.5) is 5.82 Å². The molecule has 4 fully saturated rings. The second kappa shape index (κ2) is 3.99. The number of nitrogens with two attached hydrogens (primary N) is 1. The molecule has 0 spiro atoms. The van der Waals surface area contributed by atoms with Crippen LogP contribution in [-0.2, 0) is 6.54 Å². The fourth-order valence-corrected chi connectivity index (χ4v) is 5.52. The van der Waals surface area contributed by atoms with Crippen molar-refractivity contribution in [3.8, 4) is 0 Å². The first-order valence-corrected chi connectivity index (χ1v) is 7.63. The number of aromatic amines is 1. The maximum absolute atomic E-state index is 12.0. The number of nitrogens with one attached hydrogen (secondary N) is 1. The van der Waals surface area contributed by atoms with E-state index in [0.717, 1.165) is 17.8 Å². The second-order valence-corrected chi connectivity index (χ2v) is 7.37. The number of H-pyrrole nitrogens is 1. The predicted molar refractivity (Wildman–Crippen MR) is 76.3 cm³/mol. The van der Waals surface area contributed by atoms with Gasteiger partial charge in [-0.3, -0.25) is 14.3 Å². The van der Waals surface area contributed by atoms with Gasteiger partial charge < -0.3 is 5.73 Å². The monoisotopic (exact) mass is 275 g/mol. The van der Waals surface area contributed by atoms with E-state index in [1.165, 1.54) is 44.6 Å². The maximum atomic E-state index is 12.0. The molecule has 1 heterocycles. The van der Waals surface area contributed by atoms with Gasteiger partial charge in [0.1, 0.15) is 5.82 Å². The van der Waals surface area contributed by atoms with Crippen molar-refractivity contribution in [2.75, 3.05) is 5.73 Å². The van der Waals surface area contributed by atoms with Gasteiger partial charge in [-0.1, -0.05) is 0 Å². The Bertz CT molecular complexity index is 623. The summed E-state index contributed by atoms with van der Waals surface area (Å²) in [7, 11) is 0. The molecule has 1 aromatic heterocycles. The molecule has 4 saturated carbocycles. The van der Waals surface area contributed by atoms with Crippen molar-refractivity contribution in [1.82, 2.24) is 9.55 Å². The largest absolute Gasteiger partial charge is 0.385 e. The zero-order chi connectivity index (χ0) is 13.9. The standard InChI is InChI=1S/C15H21N3O2/c16-12-4-13(19)17-14(20)18(12)8-15-5-9-1-10(6-15)3-11(2-9)7-15/h4,9-11H,1-3,5-8,16H2,(H,17,19,20). The SMILES string of the molecule is Nc1cc(=O)[nH]c(=O)n1CC12CC3CC(CC(C3)C1)C2. The number of aromatic nitrogens is 2. The predicted octanol–water partition coefficient (Wildman–Crippen LogP) is 1.34. The lowest BCUT2D eigenvalue weighted by molar-refractivity contribution is -0.0622. The van der Waals surface area contributed by atoms with E-state index < -0.39 is 5.56 Å². The smallest absolute Gasteiger partial charge is 0.329 e. The lowest BCUT2D eigenvalue weighted by Crippen LogP contribution is -2.49. The van der Waals surface area contributed by atoms with E-state index in [2.05, 4.69) is 4.98 Å². The van der Waals surface area contributed by atoms with Crippen molar-refractivity contribution in [1.29, 1.82) is 0 Å². The van der Waals surface area contributed by atoms with E-state index in [4.69, 9.17) is 5.73 Å². The van der Waals surface area contributed by atoms with E-state index in [1.807, 2.05) is 0 Å². The molecule has 1 aromatic rings. The molecule has 20 heavy (non-hydrogen) atoms. The molecule has 3 N–H and O–H groups in total. The quantitative estimate of drug-likeness (QED) is 0.854. The first-order chi connectivity index (χ1) is 9.53. The molecule has 5 rings (SSSR count). The van der Waals surface area contributed by atoms with Gasteiger partial charge in [0.2, 0.25) is 0 Å². The van der Waals surface area contributed by atoms with Crippen molar-refractivity contribution >= 4 is 5.82 Å². The minimum Gasteiger partial charge on any atom is -0.385 e. The zero-order valence-corrected chi connectivity index (χ0v) is 11.6. The molecule has 5 heteroatoms. The van der Waals surface area contributed by atoms with Gasteiger partial charge in [-0.25, -0.2) is 4.79 Å². The average molecular weight is 275 g/mol. The molecular formula is C15H21N3O2. The van der Waals surface area contributed by atoms with E-state index in [1.54, 1.807) is 4.57 Å². The minimum atomic E-state index is -0.408. The number of hydrogen-bond donors (Lipinski definition) is 2. The molecule has 4 aliphatic carbocycles. The van der Waals surface area contributed by atoms with Gasteiger partial charge in [-0.2, -0.15) is 0 Å². The van der Waals surface area contributed by atoms with E-state index >= 15 is 0 Å². The van der Waals surface area contributed by atoms with Crippen LogP contribution in [0.5, 0.6) is 0 Å². The second-order valence-electron chi connectivity index (χ2n) is 7.37. The number of hydrogen-bond acceptors (Lipinski definition) is 3. The first kappa shape index (κ1) is 12.2. The fraction of sp³-hybridized carbons (Fsp3) is 0.733. The lowest BCUT2D eigenvalue weighted by Gasteiger charge is -2.57. The number of nitrogens with zero attached hydrogens (tertiary/aromatic N) is 1. The lowest BCUT2D eigenvalue weighted by atomic mass is 9.49. The molecule has 0 aromatic carbocycles. The number of nitrogen functional groups attached to an aromatic ring is 1. The van der Waals surface area contributed by atoms with Crippen LogP contribution in [0.1, 0.15) is 38.5 Å². The van der Waals surface area contributed by atoms with Gasteiger partial charge in [-0.15, -0.1) is 0 Å². The van der Waals surface area contributed by atoms with Crippen LogP contribution >= 0.6 is 0 Å². The van der Waals surface area contributed by atoms with E-state index in [0.29, 0.717) is 12.4 Å². The molecule has 0 amide bonds. The number of rotatable bonds is 2. The van der Waals surface area contributed by atoms with E-state index in [-0.39, 0.29) is 11.1 Å². The summed E-state index contributed by atoms with van der Waals surface area (Å²) in [6.45, 7) is 0.679. The van der Waals surface area contributed by atoms with Crippen molar-refractivity contribution in [3.05, 3.63) is 26.9 Å². The van der Waals surface area contributed by atoms with Gasteiger partial charge in [-0.05, 0) is 61.7 Å². The molecule has 0 atom stereocenters. The van der Waals surface area contributed by atoms with Crippen LogP contribution in [0.25, 0.3) is 0 Å². The Morgan fingerprint density at radius 2 is 1.70 bits per heavy atom. The van der Waals surface area contributed by atoms with Crippen molar-refractivity contribution < 1.29 is 0 Å². The Morgan fingerprint density at radius 1 is 1.15 bits per heavy atom. The average Bonchev–Trinajstić information content (AvgIpc) is 2.32. The van der Waals surface area contributed by atoms with Crippen LogP contribution in [-0.4, -0.2) is 9.55 Å². The van der Waals surface area contributed by atoms with Gasteiger partial charge in [0.25, 0.3) is 5.56 Å². The highest BCUT2D eigenvalue weighted by molar-refractivity contribution is 5.26.